The highest BCUT2D eigenvalue weighted by Gasteiger charge is 2.24. The Balaban J connectivity index is 2.33. The summed E-state index contributed by atoms with van der Waals surface area (Å²) in [5.74, 6) is 0.399. The van der Waals surface area contributed by atoms with Gasteiger partial charge >= 0.3 is 0 Å². The lowest BCUT2D eigenvalue weighted by atomic mass is 9.79. The molecule has 2 unspecified atom stereocenters. The number of benzene rings is 1. The summed E-state index contributed by atoms with van der Waals surface area (Å²) in [7, 11) is 0. The van der Waals surface area contributed by atoms with E-state index in [1.807, 2.05) is 6.92 Å². The average Bonchev–Trinajstić information content (AvgIpc) is 2.28. The van der Waals surface area contributed by atoms with Gasteiger partial charge in [-0.1, -0.05) is 24.3 Å². The van der Waals surface area contributed by atoms with E-state index in [1.54, 1.807) is 6.08 Å². The van der Waals surface area contributed by atoms with Crippen LogP contribution in [0.15, 0.2) is 29.3 Å². The number of carbonyl (C=O) groups excluding carboxylic acids is 1. The van der Waals surface area contributed by atoms with Crippen molar-refractivity contribution >= 4 is 6.08 Å². The number of isocyanates is 1. The highest BCUT2D eigenvalue weighted by Crippen LogP contribution is 2.34. The summed E-state index contributed by atoms with van der Waals surface area (Å²) in [6.45, 7) is 2.00. The van der Waals surface area contributed by atoms with Crippen LogP contribution in [0.1, 0.15) is 36.8 Å². The van der Waals surface area contributed by atoms with Gasteiger partial charge in [0.2, 0.25) is 6.08 Å². The fourth-order valence-electron chi connectivity index (χ4n) is 2.47. The lowest BCUT2D eigenvalue weighted by molar-refractivity contribution is 0.480. The number of hydrogen-bond acceptors (Lipinski definition) is 2. The van der Waals surface area contributed by atoms with E-state index >= 15 is 0 Å². The van der Waals surface area contributed by atoms with Crippen molar-refractivity contribution in [1.29, 1.82) is 0 Å². The lowest BCUT2D eigenvalue weighted by Crippen LogP contribution is -2.18. The first-order valence-electron chi connectivity index (χ1n) is 5.47. The van der Waals surface area contributed by atoms with Crippen LogP contribution in [0, 0.1) is 0 Å². The number of nitrogens with zero attached hydrogens (tertiary/aromatic N) is 1. The highest BCUT2D eigenvalue weighted by atomic mass is 16.1. The van der Waals surface area contributed by atoms with E-state index < -0.39 is 0 Å². The van der Waals surface area contributed by atoms with Crippen LogP contribution in [0.2, 0.25) is 0 Å². The summed E-state index contributed by atoms with van der Waals surface area (Å²) in [6.07, 6.45) is 5.15. The molecule has 1 aliphatic carbocycles. The van der Waals surface area contributed by atoms with Crippen LogP contribution in [0.5, 0.6) is 0 Å². The minimum atomic E-state index is 0.0592. The molecule has 2 atom stereocenters. The summed E-state index contributed by atoms with van der Waals surface area (Å²) in [5, 5.41) is 0. The molecule has 1 aliphatic rings. The molecular formula is C13H15NO. The first kappa shape index (κ1) is 10.1. The molecule has 0 bridgehead atoms. The normalized spacial score (nSPS) is 21.3. The van der Waals surface area contributed by atoms with Crippen molar-refractivity contribution in [3.8, 4) is 0 Å². The van der Waals surface area contributed by atoms with Gasteiger partial charge in [-0.25, -0.2) is 9.79 Å². The molecule has 0 fully saturated rings. The number of fused-ring (bicyclic) bond motifs is 1. The predicted molar refractivity (Wildman–Crippen MR) is 59.7 cm³/mol. The third-order valence-electron chi connectivity index (χ3n) is 3.25. The van der Waals surface area contributed by atoms with E-state index in [1.165, 1.54) is 17.5 Å². The SMILES string of the molecule is CC(N=C=O)C1CCCc2ccccc21. The molecule has 2 rings (SSSR count). The second-order valence-corrected chi connectivity index (χ2v) is 4.16. The Morgan fingerprint density at radius 2 is 2.27 bits per heavy atom. The summed E-state index contributed by atoms with van der Waals surface area (Å²) in [6, 6.07) is 8.54. The Hall–Kier alpha value is -1.40. The fourth-order valence-corrected chi connectivity index (χ4v) is 2.47. The molecule has 0 saturated heterocycles. The van der Waals surface area contributed by atoms with Crippen LogP contribution in [0.25, 0.3) is 0 Å². The number of aryl methyl sites for hydroxylation is 1. The van der Waals surface area contributed by atoms with Crippen LogP contribution >= 0.6 is 0 Å². The number of hydrogen-bond donors (Lipinski definition) is 0. The van der Waals surface area contributed by atoms with Gasteiger partial charge in [0.05, 0.1) is 6.04 Å². The van der Waals surface area contributed by atoms with Crippen molar-refractivity contribution in [3.63, 3.8) is 0 Å². The Morgan fingerprint density at radius 3 is 3.07 bits per heavy atom. The first-order chi connectivity index (χ1) is 7.33. The third kappa shape index (κ3) is 2.00. The first-order valence-corrected chi connectivity index (χ1v) is 5.47. The Bertz CT molecular complexity index is 393. The van der Waals surface area contributed by atoms with E-state index in [2.05, 4.69) is 29.3 Å². The summed E-state index contributed by atoms with van der Waals surface area (Å²) in [5.41, 5.74) is 2.79. The van der Waals surface area contributed by atoms with Gasteiger partial charge in [-0.3, -0.25) is 0 Å². The largest absolute Gasteiger partial charge is 0.235 e. The van der Waals surface area contributed by atoms with Crippen molar-refractivity contribution in [1.82, 2.24) is 0 Å². The molecule has 1 aromatic rings. The minimum absolute atomic E-state index is 0.0592. The molecule has 1 aromatic carbocycles. The van der Waals surface area contributed by atoms with Gasteiger partial charge in [0.1, 0.15) is 0 Å². The molecule has 0 aromatic heterocycles. The minimum Gasteiger partial charge on any atom is -0.211 e. The summed E-state index contributed by atoms with van der Waals surface area (Å²) < 4.78 is 0. The standard InChI is InChI=1S/C13H15NO/c1-10(14-9-15)12-8-4-6-11-5-2-3-7-13(11)12/h2-3,5,7,10,12H,4,6,8H2,1H3. The average molecular weight is 201 g/mol. The van der Waals surface area contributed by atoms with E-state index in [0.717, 1.165) is 12.8 Å². The van der Waals surface area contributed by atoms with Gasteiger partial charge in [0, 0.05) is 5.92 Å². The smallest absolute Gasteiger partial charge is 0.211 e. The molecule has 0 amide bonds. The van der Waals surface area contributed by atoms with Crippen molar-refractivity contribution < 1.29 is 4.79 Å². The molecule has 0 heterocycles. The van der Waals surface area contributed by atoms with Crippen molar-refractivity contribution in [2.45, 2.75) is 38.1 Å². The molecule has 0 aliphatic heterocycles. The highest BCUT2D eigenvalue weighted by molar-refractivity contribution is 5.37. The van der Waals surface area contributed by atoms with Gasteiger partial charge in [-0.05, 0) is 37.3 Å². The third-order valence-corrected chi connectivity index (χ3v) is 3.25. The van der Waals surface area contributed by atoms with Crippen LogP contribution in [-0.4, -0.2) is 12.1 Å². The fraction of sp³-hybridized carbons (Fsp3) is 0.462. The van der Waals surface area contributed by atoms with Gasteiger partial charge < -0.3 is 0 Å². The van der Waals surface area contributed by atoms with Crippen LogP contribution in [-0.2, 0) is 11.2 Å². The van der Waals surface area contributed by atoms with Gasteiger partial charge in [-0.2, -0.15) is 0 Å². The molecule has 0 radical (unpaired) electrons. The van der Waals surface area contributed by atoms with Crippen LogP contribution in [0.3, 0.4) is 0 Å². The molecule has 0 saturated carbocycles. The van der Waals surface area contributed by atoms with E-state index in [9.17, 15) is 4.79 Å². The Morgan fingerprint density at radius 1 is 1.47 bits per heavy atom. The lowest BCUT2D eigenvalue weighted by Gasteiger charge is -2.27. The maximum atomic E-state index is 10.3. The van der Waals surface area contributed by atoms with Crippen molar-refractivity contribution in [2.75, 3.05) is 0 Å². The van der Waals surface area contributed by atoms with Crippen LogP contribution < -0.4 is 0 Å². The number of rotatable bonds is 2. The summed E-state index contributed by atoms with van der Waals surface area (Å²) >= 11 is 0. The Kier molecular flexibility index (Phi) is 2.98. The second-order valence-electron chi connectivity index (χ2n) is 4.16. The van der Waals surface area contributed by atoms with Gasteiger partial charge in [-0.15, -0.1) is 0 Å². The molecule has 2 heteroatoms. The zero-order chi connectivity index (χ0) is 10.7. The second kappa shape index (κ2) is 4.41. The molecule has 2 nitrogen and oxygen atoms in total. The van der Waals surface area contributed by atoms with E-state index in [4.69, 9.17) is 0 Å². The molecular weight excluding hydrogens is 186 g/mol. The van der Waals surface area contributed by atoms with Crippen molar-refractivity contribution in [3.05, 3.63) is 35.4 Å². The predicted octanol–water partition coefficient (Wildman–Crippen LogP) is 2.83. The molecule has 0 spiro atoms. The van der Waals surface area contributed by atoms with E-state index in [-0.39, 0.29) is 6.04 Å². The molecule has 0 N–H and O–H groups in total. The monoisotopic (exact) mass is 201 g/mol. The van der Waals surface area contributed by atoms with E-state index in [0.29, 0.717) is 5.92 Å². The van der Waals surface area contributed by atoms with Crippen molar-refractivity contribution in [2.24, 2.45) is 4.99 Å². The molecule has 78 valence electrons. The summed E-state index contributed by atoms with van der Waals surface area (Å²) in [4.78, 5) is 14.1. The topological polar surface area (TPSA) is 29.4 Å². The molecule has 15 heavy (non-hydrogen) atoms. The van der Waals surface area contributed by atoms with Gasteiger partial charge in [0.25, 0.3) is 0 Å². The van der Waals surface area contributed by atoms with Crippen LogP contribution in [0.4, 0.5) is 0 Å². The maximum Gasteiger partial charge on any atom is 0.235 e. The quantitative estimate of drug-likeness (QED) is 0.534. The van der Waals surface area contributed by atoms with Gasteiger partial charge in [0.15, 0.2) is 0 Å². The Labute approximate surface area is 90.0 Å². The zero-order valence-electron chi connectivity index (χ0n) is 8.94. The maximum absolute atomic E-state index is 10.3. The zero-order valence-corrected chi connectivity index (χ0v) is 8.94. The number of aliphatic imine (C=N–C) groups is 1.